The van der Waals surface area contributed by atoms with E-state index >= 15 is 0 Å². The highest BCUT2D eigenvalue weighted by Gasteiger charge is 2.13. The third-order valence-corrected chi connectivity index (χ3v) is 4.32. The van der Waals surface area contributed by atoms with Crippen LogP contribution in [0.4, 0.5) is 5.69 Å². The minimum Gasteiger partial charge on any atom is -0.423 e. The molecule has 0 aliphatic heterocycles. The summed E-state index contributed by atoms with van der Waals surface area (Å²) in [6, 6.07) is 20.8. The van der Waals surface area contributed by atoms with Gasteiger partial charge in [0.25, 0.3) is 0 Å². The van der Waals surface area contributed by atoms with Gasteiger partial charge in [0.2, 0.25) is 0 Å². The summed E-state index contributed by atoms with van der Waals surface area (Å²) in [7, 11) is 0. The van der Waals surface area contributed by atoms with Crippen LogP contribution in [-0.2, 0) is 9.59 Å². The molecule has 0 spiro atoms. The Bertz CT molecular complexity index is 1140. The van der Waals surface area contributed by atoms with Crippen molar-refractivity contribution in [3.05, 3.63) is 95.1 Å². The molecular weight excluding hydrogens is 394 g/mol. The third kappa shape index (κ3) is 6.11. The van der Waals surface area contributed by atoms with E-state index in [0.29, 0.717) is 22.6 Å². The Labute approximate surface area is 179 Å². The van der Waals surface area contributed by atoms with Gasteiger partial charge in [-0.2, -0.15) is 5.10 Å². The first kappa shape index (κ1) is 21.4. The van der Waals surface area contributed by atoms with Crippen molar-refractivity contribution in [2.75, 3.05) is 5.32 Å². The second-order valence-corrected chi connectivity index (χ2v) is 6.80. The number of carbonyl (C=O) groups excluding carboxylic acids is 3. The van der Waals surface area contributed by atoms with E-state index in [-0.39, 0.29) is 0 Å². The number of anilines is 1. The molecule has 2 amide bonds. The van der Waals surface area contributed by atoms with Crippen LogP contribution in [-0.4, -0.2) is 24.0 Å². The topological polar surface area (TPSA) is 96.9 Å². The predicted octanol–water partition coefficient (Wildman–Crippen LogP) is 3.61. The first-order valence-corrected chi connectivity index (χ1v) is 9.51. The van der Waals surface area contributed by atoms with Crippen LogP contribution in [0.25, 0.3) is 0 Å². The van der Waals surface area contributed by atoms with Gasteiger partial charge in [-0.3, -0.25) is 9.59 Å². The Morgan fingerprint density at radius 1 is 0.871 bits per heavy atom. The van der Waals surface area contributed by atoms with E-state index in [1.165, 1.54) is 6.21 Å². The number of rotatable bonds is 5. The van der Waals surface area contributed by atoms with Gasteiger partial charge < -0.3 is 10.1 Å². The standard InChI is InChI=1S/C24H21N3O4/c1-16-6-5-8-19(14-16)24(30)31-20-12-10-18(11-13-20)15-25-27-23(29)22(28)26-21-9-4-3-7-17(21)2/h3-15H,1-2H3,(H,26,28)(H,27,29)/b25-15+. The lowest BCUT2D eigenvalue weighted by Gasteiger charge is -2.06. The highest BCUT2D eigenvalue weighted by Crippen LogP contribution is 2.15. The molecule has 0 heterocycles. The summed E-state index contributed by atoms with van der Waals surface area (Å²) < 4.78 is 5.34. The third-order valence-electron chi connectivity index (χ3n) is 4.32. The van der Waals surface area contributed by atoms with Crippen molar-refractivity contribution in [1.82, 2.24) is 5.43 Å². The zero-order valence-corrected chi connectivity index (χ0v) is 17.1. The van der Waals surface area contributed by atoms with Crippen LogP contribution in [0.2, 0.25) is 0 Å². The molecule has 0 aliphatic carbocycles. The Hall–Kier alpha value is -4.26. The van der Waals surface area contributed by atoms with E-state index < -0.39 is 17.8 Å². The number of hydrogen-bond acceptors (Lipinski definition) is 5. The van der Waals surface area contributed by atoms with Crippen LogP contribution >= 0.6 is 0 Å². The average Bonchev–Trinajstić information content (AvgIpc) is 2.76. The number of amides is 2. The largest absolute Gasteiger partial charge is 0.423 e. The Kier molecular flexibility index (Phi) is 6.90. The van der Waals surface area contributed by atoms with E-state index in [1.807, 2.05) is 32.0 Å². The summed E-state index contributed by atoms with van der Waals surface area (Å²) in [5.74, 6) is -1.77. The summed E-state index contributed by atoms with van der Waals surface area (Å²) in [4.78, 5) is 36.0. The molecule has 0 aliphatic rings. The summed E-state index contributed by atoms with van der Waals surface area (Å²) in [5, 5.41) is 6.31. The molecule has 3 rings (SSSR count). The maximum absolute atomic E-state index is 12.2. The van der Waals surface area contributed by atoms with Crippen LogP contribution in [0.5, 0.6) is 5.75 Å². The number of esters is 1. The fraction of sp³-hybridized carbons (Fsp3) is 0.0833. The summed E-state index contributed by atoms with van der Waals surface area (Å²) in [6.07, 6.45) is 1.38. The molecule has 7 nitrogen and oxygen atoms in total. The van der Waals surface area contributed by atoms with Crippen molar-refractivity contribution in [3.63, 3.8) is 0 Å². The Morgan fingerprint density at radius 2 is 1.61 bits per heavy atom. The van der Waals surface area contributed by atoms with Crippen LogP contribution in [0.1, 0.15) is 27.0 Å². The van der Waals surface area contributed by atoms with Crippen LogP contribution < -0.4 is 15.5 Å². The van der Waals surface area contributed by atoms with Crippen LogP contribution in [0, 0.1) is 13.8 Å². The van der Waals surface area contributed by atoms with Gasteiger partial charge in [-0.15, -0.1) is 0 Å². The Morgan fingerprint density at radius 3 is 2.32 bits per heavy atom. The molecule has 3 aromatic carbocycles. The Balaban J connectivity index is 1.52. The SMILES string of the molecule is Cc1cccc(C(=O)Oc2ccc(/C=N/NC(=O)C(=O)Nc3ccccc3C)cc2)c1. The van der Waals surface area contributed by atoms with Gasteiger partial charge in [0.05, 0.1) is 11.8 Å². The van der Waals surface area contributed by atoms with Gasteiger partial charge in [0, 0.05) is 5.69 Å². The molecule has 0 bridgehead atoms. The molecule has 0 atom stereocenters. The van der Waals surface area contributed by atoms with Crippen LogP contribution in [0.3, 0.4) is 0 Å². The number of nitrogens with one attached hydrogen (secondary N) is 2. The number of benzene rings is 3. The van der Waals surface area contributed by atoms with E-state index in [2.05, 4.69) is 15.8 Å². The number of hydrazone groups is 1. The molecule has 0 aromatic heterocycles. The fourth-order valence-electron chi connectivity index (χ4n) is 2.67. The van der Waals surface area contributed by atoms with Gasteiger partial charge in [-0.25, -0.2) is 10.2 Å². The van der Waals surface area contributed by atoms with Gasteiger partial charge in [0.1, 0.15) is 5.75 Å². The lowest BCUT2D eigenvalue weighted by molar-refractivity contribution is -0.136. The number of para-hydroxylation sites is 1. The number of hydrogen-bond donors (Lipinski definition) is 2. The lowest BCUT2D eigenvalue weighted by atomic mass is 10.1. The van der Waals surface area contributed by atoms with Gasteiger partial charge in [-0.1, -0.05) is 35.9 Å². The molecule has 156 valence electrons. The van der Waals surface area contributed by atoms with Crippen molar-refractivity contribution in [1.29, 1.82) is 0 Å². The van der Waals surface area contributed by atoms with Crippen LogP contribution in [0.15, 0.2) is 77.9 Å². The molecule has 0 saturated heterocycles. The maximum atomic E-state index is 12.2. The zero-order chi connectivity index (χ0) is 22.2. The minimum absolute atomic E-state index is 0.380. The molecule has 0 radical (unpaired) electrons. The van der Waals surface area contributed by atoms with Crippen molar-refractivity contribution in [2.45, 2.75) is 13.8 Å². The van der Waals surface area contributed by atoms with E-state index in [0.717, 1.165) is 11.1 Å². The van der Waals surface area contributed by atoms with Gasteiger partial charge in [-0.05, 0) is 67.4 Å². The highest BCUT2D eigenvalue weighted by molar-refractivity contribution is 6.39. The van der Waals surface area contributed by atoms with E-state index in [4.69, 9.17) is 4.74 Å². The van der Waals surface area contributed by atoms with E-state index in [9.17, 15) is 14.4 Å². The fourth-order valence-corrected chi connectivity index (χ4v) is 2.67. The van der Waals surface area contributed by atoms with Crippen molar-refractivity contribution >= 4 is 29.7 Å². The van der Waals surface area contributed by atoms with Crippen molar-refractivity contribution in [2.24, 2.45) is 5.10 Å². The highest BCUT2D eigenvalue weighted by atomic mass is 16.5. The number of aryl methyl sites for hydroxylation is 2. The maximum Gasteiger partial charge on any atom is 0.343 e. The van der Waals surface area contributed by atoms with Gasteiger partial charge >= 0.3 is 17.8 Å². The first-order chi connectivity index (χ1) is 14.9. The summed E-state index contributed by atoms with van der Waals surface area (Å²) in [6.45, 7) is 3.73. The quantitative estimate of drug-likeness (QED) is 0.219. The minimum atomic E-state index is -0.886. The number of nitrogens with zero attached hydrogens (tertiary/aromatic N) is 1. The average molecular weight is 415 g/mol. The molecule has 0 saturated carbocycles. The van der Waals surface area contributed by atoms with Crippen molar-refractivity contribution < 1.29 is 19.1 Å². The molecule has 7 heteroatoms. The monoisotopic (exact) mass is 415 g/mol. The summed E-state index contributed by atoms with van der Waals surface area (Å²) in [5.41, 5.74) is 5.66. The summed E-state index contributed by atoms with van der Waals surface area (Å²) >= 11 is 0. The van der Waals surface area contributed by atoms with E-state index in [1.54, 1.807) is 54.6 Å². The number of ether oxygens (including phenoxy) is 1. The first-order valence-electron chi connectivity index (χ1n) is 9.51. The second kappa shape index (κ2) is 9.98. The molecule has 0 fully saturated rings. The molecule has 0 unspecified atom stereocenters. The second-order valence-electron chi connectivity index (χ2n) is 6.80. The molecule has 2 N–H and O–H groups in total. The molecule has 31 heavy (non-hydrogen) atoms. The normalized spacial score (nSPS) is 10.5. The van der Waals surface area contributed by atoms with Gasteiger partial charge in [0.15, 0.2) is 0 Å². The van der Waals surface area contributed by atoms with Crippen molar-refractivity contribution in [3.8, 4) is 5.75 Å². The predicted molar refractivity (Wildman–Crippen MR) is 118 cm³/mol. The lowest BCUT2D eigenvalue weighted by Crippen LogP contribution is -2.32. The smallest absolute Gasteiger partial charge is 0.343 e. The zero-order valence-electron chi connectivity index (χ0n) is 17.1. The number of carbonyl (C=O) groups is 3. The molecule has 3 aromatic rings. The molecular formula is C24H21N3O4.